The van der Waals surface area contributed by atoms with Crippen molar-refractivity contribution in [2.45, 2.75) is 19.0 Å². The van der Waals surface area contributed by atoms with Gasteiger partial charge >= 0.3 is 6.18 Å². The van der Waals surface area contributed by atoms with Crippen molar-refractivity contribution in [2.75, 3.05) is 0 Å². The summed E-state index contributed by atoms with van der Waals surface area (Å²) in [7, 11) is 0. The Morgan fingerprint density at radius 3 is 2.38 bits per heavy atom. The van der Waals surface area contributed by atoms with Crippen molar-refractivity contribution < 1.29 is 22.7 Å². The molecule has 2 N–H and O–H groups in total. The second-order valence-corrected chi connectivity index (χ2v) is 7.22. The van der Waals surface area contributed by atoms with Crippen LogP contribution in [0.5, 0.6) is 11.5 Å². The largest absolute Gasteiger partial charge is 0.457 e. The van der Waals surface area contributed by atoms with E-state index in [0.29, 0.717) is 28.0 Å². The van der Waals surface area contributed by atoms with Gasteiger partial charge in [0.05, 0.1) is 11.3 Å². The second-order valence-electron chi connectivity index (χ2n) is 7.22. The predicted octanol–water partition coefficient (Wildman–Crippen LogP) is 5.69. The van der Waals surface area contributed by atoms with Gasteiger partial charge in [-0.05, 0) is 53.4 Å². The van der Waals surface area contributed by atoms with Crippen molar-refractivity contribution in [1.29, 1.82) is 0 Å². The van der Waals surface area contributed by atoms with Gasteiger partial charge in [0.1, 0.15) is 11.5 Å². The lowest BCUT2D eigenvalue weighted by Gasteiger charge is -2.19. The minimum atomic E-state index is -4.42. The van der Waals surface area contributed by atoms with E-state index in [1.54, 1.807) is 42.9 Å². The van der Waals surface area contributed by atoms with Crippen LogP contribution >= 0.6 is 0 Å². The normalized spacial score (nSPS) is 12.5. The average molecular weight is 437 g/mol. The van der Waals surface area contributed by atoms with Crippen molar-refractivity contribution in [3.05, 3.63) is 95.6 Å². The molecule has 1 unspecified atom stereocenters. The van der Waals surface area contributed by atoms with E-state index in [-0.39, 0.29) is 11.7 Å². The van der Waals surface area contributed by atoms with Gasteiger partial charge < -0.3 is 10.5 Å². The van der Waals surface area contributed by atoms with Gasteiger partial charge in [-0.25, -0.2) is 0 Å². The average Bonchev–Trinajstić information content (AvgIpc) is 2.78. The number of nitrogens with two attached hydrogens (primary N) is 1. The van der Waals surface area contributed by atoms with Crippen LogP contribution in [-0.2, 0) is 6.18 Å². The highest BCUT2D eigenvalue weighted by atomic mass is 19.4. The van der Waals surface area contributed by atoms with Crippen molar-refractivity contribution in [3.8, 4) is 11.5 Å². The third-order valence-corrected chi connectivity index (χ3v) is 5.20. The summed E-state index contributed by atoms with van der Waals surface area (Å²) in [6.07, 6.45) is 0.329. The number of benzene rings is 3. The van der Waals surface area contributed by atoms with Gasteiger partial charge in [-0.3, -0.25) is 14.8 Å². The number of fused-ring (bicyclic) bond motifs is 1. The van der Waals surface area contributed by atoms with Crippen molar-refractivity contribution in [3.63, 3.8) is 0 Å². The molecule has 1 heterocycles. The smallest absolute Gasteiger partial charge is 0.416 e. The number of alkyl halides is 3. The molecule has 4 aromatic rings. The minimum absolute atomic E-state index is 0.257. The van der Waals surface area contributed by atoms with Crippen LogP contribution in [0.15, 0.2) is 73.2 Å². The van der Waals surface area contributed by atoms with E-state index < -0.39 is 17.6 Å². The number of carbonyl (C=O) groups is 1. The zero-order valence-corrected chi connectivity index (χ0v) is 16.9. The summed E-state index contributed by atoms with van der Waals surface area (Å²) >= 11 is 0. The van der Waals surface area contributed by atoms with Gasteiger partial charge in [-0.1, -0.05) is 19.1 Å². The fourth-order valence-electron chi connectivity index (χ4n) is 3.64. The van der Waals surface area contributed by atoms with Crippen LogP contribution in [0.1, 0.15) is 40.0 Å². The molecule has 1 amide bonds. The number of amides is 1. The van der Waals surface area contributed by atoms with Crippen LogP contribution < -0.4 is 10.5 Å². The third kappa shape index (κ3) is 4.12. The summed E-state index contributed by atoms with van der Waals surface area (Å²) in [4.78, 5) is 20.6. The Morgan fingerprint density at radius 1 is 1.00 bits per heavy atom. The highest BCUT2D eigenvalue weighted by Crippen LogP contribution is 2.38. The standard InChI is InChI=1S/C24H18F3N3O2/c1-14(20-13-29-11-12-30-20)22-18-3-2-4-21(17(18)9-10-19(22)23(28)31)32-16-7-5-15(6-8-16)24(25,26)27/h2-14H,1H3,(H2,28,31). The Hall–Kier alpha value is -3.94. The lowest BCUT2D eigenvalue weighted by molar-refractivity contribution is -0.137. The molecule has 0 aliphatic rings. The molecule has 1 aromatic heterocycles. The van der Waals surface area contributed by atoms with Crippen LogP contribution in [-0.4, -0.2) is 15.9 Å². The van der Waals surface area contributed by atoms with E-state index in [4.69, 9.17) is 10.5 Å². The number of primary amides is 1. The highest BCUT2D eigenvalue weighted by molar-refractivity contribution is 6.02. The Balaban J connectivity index is 1.80. The summed E-state index contributed by atoms with van der Waals surface area (Å²) in [5.74, 6) is -0.179. The molecule has 1 atom stereocenters. The van der Waals surface area contributed by atoms with Crippen molar-refractivity contribution >= 4 is 16.7 Å². The van der Waals surface area contributed by atoms with Gasteiger partial charge in [-0.15, -0.1) is 0 Å². The van der Waals surface area contributed by atoms with Gasteiger partial charge in [0.2, 0.25) is 5.91 Å². The molecule has 162 valence electrons. The number of hydrogen-bond donors (Lipinski definition) is 1. The van der Waals surface area contributed by atoms with E-state index in [2.05, 4.69) is 9.97 Å². The molecule has 0 aliphatic heterocycles. The summed E-state index contributed by atoms with van der Waals surface area (Å²) < 4.78 is 44.4. The molecule has 32 heavy (non-hydrogen) atoms. The van der Waals surface area contributed by atoms with E-state index >= 15 is 0 Å². The first-order valence-electron chi connectivity index (χ1n) is 9.72. The summed E-state index contributed by atoms with van der Waals surface area (Å²) in [5.41, 5.74) is 6.57. The fourth-order valence-corrected chi connectivity index (χ4v) is 3.64. The van der Waals surface area contributed by atoms with E-state index in [0.717, 1.165) is 17.5 Å². The topological polar surface area (TPSA) is 78.1 Å². The zero-order chi connectivity index (χ0) is 22.9. The van der Waals surface area contributed by atoms with Crippen molar-refractivity contribution in [2.24, 2.45) is 5.73 Å². The number of nitrogens with zero attached hydrogens (tertiary/aromatic N) is 2. The van der Waals surface area contributed by atoms with Crippen molar-refractivity contribution in [1.82, 2.24) is 9.97 Å². The Labute approximate surface area is 181 Å². The number of halogens is 3. The molecular formula is C24H18F3N3O2. The maximum atomic E-state index is 12.8. The first-order chi connectivity index (χ1) is 15.3. The maximum Gasteiger partial charge on any atom is 0.416 e. The molecule has 3 aromatic carbocycles. The lowest BCUT2D eigenvalue weighted by Crippen LogP contribution is -2.16. The number of ether oxygens (including phenoxy) is 1. The molecule has 8 heteroatoms. The zero-order valence-electron chi connectivity index (χ0n) is 16.9. The number of hydrogen-bond acceptors (Lipinski definition) is 4. The number of rotatable bonds is 5. The third-order valence-electron chi connectivity index (χ3n) is 5.20. The predicted molar refractivity (Wildman–Crippen MR) is 114 cm³/mol. The molecule has 0 aliphatic carbocycles. The number of carbonyl (C=O) groups excluding carboxylic acids is 1. The Bertz CT molecular complexity index is 1270. The maximum absolute atomic E-state index is 12.8. The van der Waals surface area contributed by atoms with Crippen LogP contribution in [0.25, 0.3) is 10.8 Å². The van der Waals surface area contributed by atoms with Gasteiger partial charge in [-0.2, -0.15) is 13.2 Å². The fraction of sp³-hybridized carbons (Fsp3) is 0.125. The molecule has 5 nitrogen and oxygen atoms in total. The van der Waals surface area contributed by atoms with E-state index in [1.165, 1.54) is 12.1 Å². The molecule has 0 bridgehead atoms. The van der Waals surface area contributed by atoms with Crippen LogP contribution in [0.4, 0.5) is 13.2 Å². The first-order valence-corrected chi connectivity index (χ1v) is 9.72. The molecule has 0 spiro atoms. The van der Waals surface area contributed by atoms with Gasteiger partial charge in [0, 0.05) is 35.5 Å². The molecular weight excluding hydrogens is 419 g/mol. The van der Waals surface area contributed by atoms with E-state index in [9.17, 15) is 18.0 Å². The summed E-state index contributed by atoms with van der Waals surface area (Å²) in [6, 6.07) is 13.1. The lowest BCUT2D eigenvalue weighted by atomic mass is 9.88. The number of aromatic nitrogens is 2. The SMILES string of the molecule is CC(c1cnccn1)c1c(C(N)=O)ccc2c(Oc3ccc(C(F)(F)F)cc3)cccc12. The first kappa shape index (κ1) is 21.3. The molecule has 0 fully saturated rings. The van der Waals surface area contributed by atoms with E-state index in [1.807, 2.05) is 13.0 Å². The van der Waals surface area contributed by atoms with Gasteiger partial charge in [0.25, 0.3) is 0 Å². The molecule has 0 radical (unpaired) electrons. The molecule has 0 saturated carbocycles. The van der Waals surface area contributed by atoms with Crippen LogP contribution in [0, 0.1) is 0 Å². The summed E-state index contributed by atoms with van der Waals surface area (Å²) in [5, 5.41) is 1.41. The quantitative estimate of drug-likeness (QED) is 0.435. The van der Waals surface area contributed by atoms with Gasteiger partial charge in [0.15, 0.2) is 0 Å². The van der Waals surface area contributed by atoms with Crippen LogP contribution in [0.2, 0.25) is 0 Å². The molecule has 4 rings (SSSR count). The molecule has 0 saturated heterocycles. The van der Waals surface area contributed by atoms with Crippen LogP contribution in [0.3, 0.4) is 0 Å². The summed E-state index contributed by atoms with van der Waals surface area (Å²) in [6.45, 7) is 1.90. The monoisotopic (exact) mass is 437 g/mol. The highest BCUT2D eigenvalue weighted by Gasteiger charge is 2.30. The Kier molecular flexibility index (Phi) is 5.52. The Morgan fingerprint density at radius 2 is 1.75 bits per heavy atom. The minimum Gasteiger partial charge on any atom is -0.457 e. The second kappa shape index (κ2) is 8.30.